The molecule has 0 heterocycles. The highest BCUT2D eigenvalue weighted by atomic mass is 16.4. The SMILES string of the molecule is Cc1c(O)cccc1C(N)CC(=O)O. The second kappa shape index (κ2) is 4.11. The first-order valence-electron chi connectivity index (χ1n) is 4.28. The second-order valence-electron chi connectivity index (χ2n) is 3.20. The largest absolute Gasteiger partial charge is 0.508 e. The molecule has 1 aromatic carbocycles. The normalized spacial score (nSPS) is 12.4. The van der Waals surface area contributed by atoms with Crippen molar-refractivity contribution in [2.24, 2.45) is 5.73 Å². The molecule has 0 aromatic heterocycles. The summed E-state index contributed by atoms with van der Waals surface area (Å²) in [6, 6.07) is 4.36. The van der Waals surface area contributed by atoms with Gasteiger partial charge in [-0.2, -0.15) is 0 Å². The quantitative estimate of drug-likeness (QED) is 0.676. The van der Waals surface area contributed by atoms with Crippen LogP contribution in [0, 0.1) is 6.92 Å². The lowest BCUT2D eigenvalue weighted by Gasteiger charge is -2.13. The lowest BCUT2D eigenvalue weighted by molar-refractivity contribution is -0.137. The maximum Gasteiger partial charge on any atom is 0.305 e. The predicted octanol–water partition coefficient (Wildman–Crippen LogP) is 1.18. The zero-order valence-electron chi connectivity index (χ0n) is 7.90. The van der Waals surface area contributed by atoms with Crippen LogP contribution in [0.5, 0.6) is 5.75 Å². The Hall–Kier alpha value is -1.55. The molecule has 0 saturated carbocycles. The molecule has 4 nitrogen and oxygen atoms in total. The molecule has 0 saturated heterocycles. The topological polar surface area (TPSA) is 83.5 Å². The molecule has 0 aliphatic carbocycles. The summed E-state index contributed by atoms with van der Waals surface area (Å²) in [5.41, 5.74) is 6.99. The van der Waals surface area contributed by atoms with E-state index in [-0.39, 0.29) is 12.2 Å². The highest BCUT2D eigenvalue weighted by Gasteiger charge is 2.13. The van der Waals surface area contributed by atoms with Crippen LogP contribution in [0.3, 0.4) is 0 Å². The molecule has 1 rings (SSSR count). The number of benzene rings is 1. The number of phenols is 1. The van der Waals surface area contributed by atoms with Gasteiger partial charge in [0.15, 0.2) is 0 Å². The Morgan fingerprint density at radius 3 is 2.79 bits per heavy atom. The van der Waals surface area contributed by atoms with Gasteiger partial charge in [-0.25, -0.2) is 0 Å². The van der Waals surface area contributed by atoms with Crippen molar-refractivity contribution in [1.29, 1.82) is 0 Å². The van der Waals surface area contributed by atoms with E-state index in [4.69, 9.17) is 10.8 Å². The average Bonchev–Trinajstić information content (AvgIpc) is 2.08. The van der Waals surface area contributed by atoms with Crippen molar-refractivity contribution >= 4 is 5.97 Å². The standard InChI is InChI=1S/C10H13NO3/c1-6-7(3-2-4-9(6)12)8(11)5-10(13)14/h2-4,8,12H,5,11H2,1H3,(H,13,14). The van der Waals surface area contributed by atoms with Gasteiger partial charge in [0.05, 0.1) is 6.42 Å². The monoisotopic (exact) mass is 195 g/mol. The number of aromatic hydroxyl groups is 1. The van der Waals surface area contributed by atoms with Crippen molar-refractivity contribution in [2.75, 3.05) is 0 Å². The Morgan fingerprint density at radius 2 is 2.21 bits per heavy atom. The fourth-order valence-corrected chi connectivity index (χ4v) is 1.34. The number of carboxylic acid groups (broad SMARTS) is 1. The van der Waals surface area contributed by atoms with Gasteiger partial charge in [-0.3, -0.25) is 4.79 Å². The van der Waals surface area contributed by atoms with Gasteiger partial charge in [0.2, 0.25) is 0 Å². The summed E-state index contributed by atoms with van der Waals surface area (Å²) in [5, 5.41) is 17.9. The molecule has 4 N–H and O–H groups in total. The summed E-state index contributed by atoms with van der Waals surface area (Å²) < 4.78 is 0. The number of nitrogens with two attached hydrogens (primary N) is 1. The molecule has 0 aliphatic rings. The van der Waals surface area contributed by atoms with E-state index in [9.17, 15) is 9.90 Å². The van der Waals surface area contributed by atoms with Crippen molar-refractivity contribution < 1.29 is 15.0 Å². The van der Waals surface area contributed by atoms with E-state index in [1.54, 1.807) is 25.1 Å². The number of carbonyl (C=O) groups is 1. The molecule has 0 amide bonds. The number of hydrogen-bond acceptors (Lipinski definition) is 3. The zero-order valence-corrected chi connectivity index (χ0v) is 7.90. The summed E-state index contributed by atoms with van der Waals surface area (Å²) in [7, 11) is 0. The van der Waals surface area contributed by atoms with Crippen LogP contribution >= 0.6 is 0 Å². The van der Waals surface area contributed by atoms with Gasteiger partial charge >= 0.3 is 5.97 Å². The molecule has 1 atom stereocenters. The van der Waals surface area contributed by atoms with Gasteiger partial charge in [-0.1, -0.05) is 12.1 Å². The summed E-state index contributed by atoms with van der Waals surface area (Å²) in [6.07, 6.45) is -0.135. The molecule has 76 valence electrons. The Bertz CT molecular complexity index is 349. The van der Waals surface area contributed by atoms with Gasteiger partial charge in [0.25, 0.3) is 0 Å². The van der Waals surface area contributed by atoms with Crippen molar-refractivity contribution in [3.63, 3.8) is 0 Å². The molecule has 0 fully saturated rings. The first kappa shape index (κ1) is 10.5. The highest BCUT2D eigenvalue weighted by molar-refractivity contribution is 5.68. The van der Waals surface area contributed by atoms with E-state index < -0.39 is 12.0 Å². The van der Waals surface area contributed by atoms with E-state index >= 15 is 0 Å². The smallest absolute Gasteiger partial charge is 0.305 e. The fourth-order valence-electron chi connectivity index (χ4n) is 1.34. The van der Waals surface area contributed by atoms with Crippen LogP contribution in [0.25, 0.3) is 0 Å². The van der Waals surface area contributed by atoms with E-state index in [1.165, 1.54) is 0 Å². The van der Waals surface area contributed by atoms with Crippen LogP contribution < -0.4 is 5.73 Å². The third kappa shape index (κ3) is 2.23. The molecule has 14 heavy (non-hydrogen) atoms. The molecule has 1 unspecified atom stereocenters. The molecular weight excluding hydrogens is 182 g/mol. The maximum absolute atomic E-state index is 10.4. The third-order valence-electron chi connectivity index (χ3n) is 2.14. The van der Waals surface area contributed by atoms with Gasteiger partial charge < -0.3 is 15.9 Å². The van der Waals surface area contributed by atoms with Crippen LogP contribution in [-0.2, 0) is 4.79 Å². The molecule has 0 spiro atoms. The molecular formula is C10H13NO3. The van der Waals surface area contributed by atoms with Crippen molar-refractivity contribution in [1.82, 2.24) is 0 Å². The molecule has 0 radical (unpaired) electrons. The Labute approximate surface area is 82.0 Å². The van der Waals surface area contributed by atoms with Crippen molar-refractivity contribution in [3.05, 3.63) is 29.3 Å². The average molecular weight is 195 g/mol. The lowest BCUT2D eigenvalue weighted by Crippen LogP contribution is -2.16. The molecule has 1 aromatic rings. The number of hydrogen-bond donors (Lipinski definition) is 3. The van der Waals surface area contributed by atoms with Gasteiger partial charge in [-0.05, 0) is 24.1 Å². The highest BCUT2D eigenvalue weighted by Crippen LogP contribution is 2.25. The second-order valence-corrected chi connectivity index (χ2v) is 3.20. The van der Waals surface area contributed by atoms with Crippen LogP contribution in [0.4, 0.5) is 0 Å². The van der Waals surface area contributed by atoms with Crippen LogP contribution in [0.15, 0.2) is 18.2 Å². The van der Waals surface area contributed by atoms with E-state index in [2.05, 4.69) is 0 Å². The minimum Gasteiger partial charge on any atom is -0.508 e. The first-order chi connectivity index (χ1) is 6.52. The predicted molar refractivity (Wildman–Crippen MR) is 52.0 cm³/mol. The summed E-state index contributed by atoms with van der Waals surface area (Å²) in [6.45, 7) is 1.71. The van der Waals surface area contributed by atoms with Crippen LogP contribution in [-0.4, -0.2) is 16.2 Å². The Morgan fingerprint density at radius 1 is 1.57 bits per heavy atom. The fraction of sp³-hybridized carbons (Fsp3) is 0.300. The van der Waals surface area contributed by atoms with Gasteiger partial charge in [0.1, 0.15) is 5.75 Å². The molecule has 0 bridgehead atoms. The minimum atomic E-state index is -0.944. The van der Waals surface area contributed by atoms with E-state index in [0.717, 1.165) is 0 Å². The number of phenolic OH excluding ortho intramolecular Hbond substituents is 1. The Balaban J connectivity index is 2.95. The third-order valence-corrected chi connectivity index (χ3v) is 2.14. The van der Waals surface area contributed by atoms with Crippen molar-refractivity contribution in [2.45, 2.75) is 19.4 Å². The summed E-state index contributed by atoms with van der Waals surface area (Å²) in [4.78, 5) is 10.4. The lowest BCUT2D eigenvalue weighted by atomic mass is 9.99. The number of carboxylic acids is 1. The first-order valence-corrected chi connectivity index (χ1v) is 4.28. The Kier molecular flexibility index (Phi) is 3.09. The van der Waals surface area contributed by atoms with E-state index in [0.29, 0.717) is 11.1 Å². The van der Waals surface area contributed by atoms with Gasteiger partial charge in [0, 0.05) is 6.04 Å². The summed E-state index contributed by atoms with van der Waals surface area (Å²) >= 11 is 0. The summed E-state index contributed by atoms with van der Waals surface area (Å²) in [5.74, 6) is -0.802. The van der Waals surface area contributed by atoms with Gasteiger partial charge in [-0.15, -0.1) is 0 Å². The molecule has 0 aliphatic heterocycles. The van der Waals surface area contributed by atoms with E-state index in [1.807, 2.05) is 0 Å². The van der Waals surface area contributed by atoms with Crippen LogP contribution in [0.1, 0.15) is 23.6 Å². The maximum atomic E-state index is 10.4. The van der Waals surface area contributed by atoms with Crippen LogP contribution in [0.2, 0.25) is 0 Å². The van der Waals surface area contributed by atoms with Crippen molar-refractivity contribution in [3.8, 4) is 5.75 Å². The number of aliphatic carboxylic acids is 1. The zero-order chi connectivity index (χ0) is 10.7. The number of rotatable bonds is 3. The minimum absolute atomic E-state index is 0.135. The molecule has 4 heteroatoms.